The van der Waals surface area contributed by atoms with Crippen molar-refractivity contribution >= 4 is 7.12 Å². The summed E-state index contributed by atoms with van der Waals surface area (Å²) in [5.41, 5.74) is 6.38. The largest absolute Gasteiger partial charge is 0.503 e. The van der Waals surface area contributed by atoms with Crippen LogP contribution in [0, 0.1) is 0 Å². The summed E-state index contributed by atoms with van der Waals surface area (Å²) < 4.78 is 12.4. The number of rotatable bonds is 3. The summed E-state index contributed by atoms with van der Waals surface area (Å²) in [6.07, 6.45) is 5.60. The molecule has 0 bridgehead atoms. The van der Waals surface area contributed by atoms with Gasteiger partial charge in [0.2, 0.25) is 0 Å². The highest BCUT2D eigenvalue weighted by Crippen LogP contribution is 2.42. The predicted octanol–water partition coefficient (Wildman–Crippen LogP) is 4.19. The van der Waals surface area contributed by atoms with E-state index in [-0.39, 0.29) is 19.3 Å². The van der Waals surface area contributed by atoms with E-state index in [0.29, 0.717) is 0 Å². The third-order valence-corrected chi connectivity index (χ3v) is 3.95. The molecular weight excluding hydrogens is 271 g/mol. The van der Waals surface area contributed by atoms with Gasteiger partial charge in [0.25, 0.3) is 0 Å². The smallest absolute Gasteiger partial charge is 0.397 e. The van der Waals surface area contributed by atoms with Crippen LogP contribution in [0.3, 0.4) is 0 Å². The molecule has 0 aromatic heterocycles. The monoisotopic (exact) mass is 286 g/mol. The first-order chi connectivity index (χ1) is 10.9. The molecule has 1 heterocycles. The molecule has 0 radical (unpaired) electrons. The average Bonchev–Trinajstić information content (AvgIpc) is 3.26. The summed E-state index contributed by atoms with van der Waals surface area (Å²) in [4.78, 5) is 0. The first-order valence-electron chi connectivity index (χ1n) is 7.46. The van der Waals surface area contributed by atoms with Gasteiger partial charge in [-0.3, -0.25) is 0 Å². The van der Waals surface area contributed by atoms with E-state index in [9.17, 15) is 0 Å². The Balaban J connectivity index is 1.70. The Morgan fingerprint density at radius 2 is 1.32 bits per heavy atom. The van der Waals surface area contributed by atoms with Gasteiger partial charge in [0.1, 0.15) is 0 Å². The summed E-state index contributed by atoms with van der Waals surface area (Å²) in [5, 5.41) is 0. The van der Waals surface area contributed by atoms with E-state index >= 15 is 0 Å². The minimum atomic E-state index is -0.370. The van der Waals surface area contributed by atoms with Crippen molar-refractivity contribution in [1.82, 2.24) is 0 Å². The Kier molecular flexibility index (Phi) is 3.53. The zero-order chi connectivity index (χ0) is 14.8. The second-order valence-electron chi connectivity index (χ2n) is 5.39. The van der Waals surface area contributed by atoms with Gasteiger partial charge in [-0.05, 0) is 17.2 Å². The molecule has 1 saturated heterocycles. The maximum absolute atomic E-state index is 6.21. The van der Waals surface area contributed by atoms with Crippen LogP contribution in [0.2, 0.25) is 0 Å². The predicted molar refractivity (Wildman–Crippen MR) is 87.0 cm³/mol. The molecular formula is C19H15BO2. The number of hydrogen-bond donors (Lipinski definition) is 0. The van der Waals surface area contributed by atoms with Crippen LogP contribution in [-0.2, 0) is 9.31 Å². The van der Waals surface area contributed by atoms with Gasteiger partial charge in [-0.25, -0.2) is 0 Å². The first-order valence-corrected chi connectivity index (χ1v) is 7.46. The summed E-state index contributed by atoms with van der Waals surface area (Å²) in [6, 6.07) is 20.5. The van der Waals surface area contributed by atoms with Crippen molar-refractivity contribution in [2.45, 2.75) is 12.2 Å². The van der Waals surface area contributed by atoms with Crippen LogP contribution < -0.4 is 0 Å². The van der Waals surface area contributed by atoms with Crippen molar-refractivity contribution in [3.63, 3.8) is 0 Å². The third-order valence-electron chi connectivity index (χ3n) is 3.95. The van der Waals surface area contributed by atoms with E-state index in [4.69, 9.17) is 9.31 Å². The average molecular weight is 286 g/mol. The fraction of sp³-hybridized carbons (Fsp3) is 0.105. The number of hydrogen-bond acceptors (Lipinski definition) is 2. The lowest BCUT2D eigenvalue weighted by atomic mass is 9.80. The second kappa shape index (κ2) is 5.82. The van der Waals surface area contributed by atoms with Gasteiger partial charge in [0, 0.05) is 5.47 Å². The fourth-order valence-corrected chi connectivity index (χ4v) is 2.87. The summed E-state index contributed by atoms with van der Waals surface area (Å²) in [6.45, 7) is 0. The molecule has 4 rings (SSSR count). The van der Waals surface area contributed by atoms with Crippen molar-refractivity contribution in [2.75, 3.05) is 0 Å². The topological polar surface area (TPSA) is 18.5 Å². The Labute approximate surface area is 130 Å². The standard InChI is InChI=1S/C19H15BO2/c1-3-9-15(10-4-1)18-19(16-11-5-2-6-12-16)22-20(21-18)17-13-7-8-14-17/h1-13,18-19H/t18-,19-/m1/s1. The molecule has 106 valence electrons. The Hall–Kier alpha value is -2.32. The maximum Gasteiger partial charge on any atom is 0.503 e. The van der Waals surface area contributed by atoms with Crippen LogP contribution in [0.4, 0.5) is 0 Å². The molecule has 0 N–H and O–H groups in total. The van der Waals surface area contributed by atoms with Crippen molar-refractivity contribution < 1.29 is 9.31 Å². The minimum Gasteiger partial charge on any atom is -0.397 e. The Morgan fingerprint density at radius 1 is 0.773 bits per heavy atom. The highest BCUT2D eigenvalue weighted by molar-refractivity contribution is 6.55. The van der Waals surface area contributed by atoms with Crippen LogP contribution >= 0.6 is 0 Å². The van der Waals surface area contributed by atoms with Gasteiger partial charge >= 0.3 is 7.12 Å². The highest BCUT2D eigenvalue weighted by atomic mass is 16.7. The van der Waals surface area contributed by atoms with E-state index in [1.165, 1.54) is 0 Å². The molecule has 3 heteroatoms. The molecule has 1 fully saturated rings. The van der Waals surface area contributed by atoms with E-state index in [2.05, 4.69) is 30.0 Å². The van der Waals surface area contributed by atoms with Gasteiger partial charge in [0.05, 0.1) is 12.2 Å². The van der Waals surface area contributed by atoms with Crippen LogP contribution in [0.5, 0.6) is 0 Å². The van der Waals surface area contributed by atoms with Gasteiger partial charge < -0.3 is 9.31 Å². The molecule has 1 aliphatic carbocycles. The SMILES string of the molecule is C1=CC=CC=1B1O[C@H](c2ccccc2)[C@@H](c2ccccc2)O1. The van der Waals surface area contributed by atoms with E-state index in [0.717, 1.165) is 16.6 Å². The summed E-state index contributed by atoms with van der Waals surface area (Å²) >= 11 is 0. The summed E-state index contributed by atoms with van der Waals surface area (Å²) in [5.74, 6) is 0. The van der Waals surface area contributed by atoms with Crippen molar-refractivity contribution in [1.29, 1.82) is 0 Å². The lowest BCUT2D eigenvalue weighted by Gasteiger charge is -2.19. The zero-order valence-electron chi connectivity index (χ0n) is 12.1. The van der Waals surface area contributed by atoms with Gasteiger partial charge in [-0.15, -0.1) is 5.73 Å². The molecule has 0 spiro atoms. The Bertz CT molecular complexity index is 698. The summed E-state index contributed by atoms with van der Waals surface area (Å²) in [7, 11) is -0.370. The lowest BCUT2D eigenvalue weighted by Crippen LogP contribution is -2.16. The maximum atomic E-state index is 6.21. The van der Waals surface area contributed by atoms with E-state index < -0.39 is 0 Å². The molecule has 0 unspecified atom stereocenters. The molecule has 2 nitrogen and oxygen atoms in total. The van der Waals surface area contributed by atoms with E-state index in [1.54, 1.807) is 0 Å². The van der Waals surface area contributed by atoms with Crippen molar-refractivity contribution in [3.8, 4) is 0 Å². The minimum absolute atomic E-state index is 0.114. The highest BCUT2D eigenvalue weighted by Gasteiger charge is 2.43. The Morgan fingerprint density at radius 3 is 1.77 bits per heavy atom. The van der Waals surface area contributed by atoms with Gasteiger partial charge in [0.15, 0.2) is 0 Å². The van der Waals surface area contributed by atoms with Crippen LogP contribution in [0.25, 0.3) is 0 Å². The molecule has 0 saturated carbocycles. The molecule has 1 aliphatic heterocycles. The fourth-order valence-electron chi connectivity index (χ4n) is 2.87. The molecule has 2 atom stereocenters. The molecule has 2 aromatic rings. The second-order valence-corrected chi connectivity index (χ2v) is 5.39. The van der Waals surface area contributed by atoms with Crippen LogP contribution in [-0.4, -0.2) is 7.12 Å². The zero-order valence-corrected chi connectivity index (χ0v) is 12.1. The van der Waals surface area contributed by atoms with Crippen LogP contribution in [0.15, 0.2) is 90.1 Å². The van der Waals surface area contributed by atoms with Gasteiger partial charge in [-0.1, -0.05) is 72.8 Å². The molecule has 22 heavy (non-hydrogen) atoms. The molecule has 0 amide bonds. The van der Waals surface area contributed by atoms with Gasteiger partial charge in [-0.2, -0.15) is 0 Å². The number of benzene rings is 2. The first kappa shape index (κ1) is 13.4. The van der Waals surface area contributed by atoms with Crippen molar-refractivity contribution in [3.05, 3.63) is 101 Å². The molecule has 2 aromatic carbocycles. The normalized spacial score (nSPS) is 23.1. The quantitative estimate of drug-likeness (QED) is 0.622. The number of allylic oxidation sites excluding steroid dienone is 3. The molecule has 2 aliphatic rings. The third kappa shape index (κ3) is 2.47. The van der Waals surface area contributed by atoms with Crippen molar-refractivity contribution in [2.24, 2.45) is 0 Å². The lowest BCUT2D eigenvalue weighted by molar-refractivity contribution is 0.159. The van der Waals surface area contributed by atoms with E-state index in [1.807, 2.05) is 54.6 Å². The van der Waals surface area contributed by atoms with Crippen LogP contribution in [0.1, 0.15) is 23.3 Å².